The van der Waals surface area contributed by atoms with Gasteiger partial charge in [-0.2, -0.15) is 0 Å². The second kappa shape index (κ2) is 6.23. The van der Waals surface area contributed by atoms with Crippen LogP contribution in [0.3, 0.4) is 0 Å². The van der Waals surface area contributed by atoms with E-state index >= 15 is 0 Å². The quantitative estimate of drug-likeness (QED) is 0.812. The fraction of sp³-hybridized carbons (Fsp3) is 0.500. The predicted octanol–water partition coefficient (Wildman–Crippen LogP) is 1.12. The van der Waals surface area contributed by atoms with Crippen molar-refractivity contribution < 1.29 is 9.90 Å². The molecule has 0 bridgehead atoms. The van der Waals surface area contributed by atoms with E-state index in [1.165, 1.54) is 0 Å². The summed E-state index contributed by atoms with van der Waals surface area (Å²) in [7, 11) is 1.75. The number of aromatic nitrogens is 1. The number of amides is 1. The van der Waals surface area contributed by atoms with Crippen molar-refractivity contribution in [2.75, 3.05) is 13.7 Å². The molecule has 0 aliphatic carbocycles. The van der Waals surface area contributed by atoms with Crippen molar-refractivity contribution in [1.29, 1.82) is 0 Å². The number of hydrogen-bond acceptors (Lipinski definition) is 3. The lowest BCUT2D eigenvalue weighted by atomic mass is 10.2. The van der Waals surface area contributed by atoms with E-state index in [1.54, 1.807) is 11.9 Å². The summed E-state index contributed by atoms with van der Waals surface area (Å²) in [6.45, 7) is 2.51. The number of aliphatic hydroxyl groups is 1. The van der Waals surface area contributed by atoms with Crippen LogP contribution in [0.2, 0.25) is 0 Å². The summed E-state index contributed by atoms with van der Waals surface area (Å²) >= 11 is 0. The first-order chi connectivity index (χ1) is 7.63. The van der Waals surface area contributed by atoms with Gasteiger partial charge in [0, 0.05) is 25.8 Å². The molecule has 4 heteroatoms. The molecule has 1 heterocycles. The summed E-state index contributed by atoms with van der Waals surface area (Å²) in [5.74, 6) is 0.0392. The van der Waals surface area contributed by atoms with Gasteiger partial charge in [-0.3, -0.25) is 9.78 Å². The van der Waals surface area contributed by atoms with Crippen LogP contribution < -0.4 is 0 Å². The van der Waals surface area contributed by atoms with Crippen molar-refractivity contribution >= 4 is 5.91 Å². The van der Waals surface area contributed by atoms with E-state index in [2.05, 4.69) is 4.98 Å². The summed E-state index contributed by atoms with van der Waals surface area (Å²) in [6.07, 6.45) is 0.906. The highest BCUT2D eigenvalue weighted by Crippen LogP contribution is 2.04. The Morgan fingerprint density at radius 2 is 2.25 bits per heavy atom. The lowest BCUT2D eigenvalue weighted by Crippen LogP contribution is -2.26. The number of hydrogen-bond donors (Lipinski definition) is 1. The Hall–Kier alpha value is -1.42. The average Bonchev–Trinajstić information content (AvgIpc) is 2.25. The lowest BCUT2D eigenvalue weighted by molar-refractivity contribution is -0.130. The Labute approximate surface area is 95.9 Å². The Balaban J connectivity index is 2.50. The van der Waals surface area contributed by atoms with Crippen LogP contribution >= 0.6 is 0 Å². The van der Waals surface area contributed by atoms with Crippen molar-refractivity contribution in [3.63, 3.8) is 0 Å². The van der Waals surface area contributed by atoms with Gasteiger partial charge >= 0.3 is 0 Å². The SMILES string of the molecule is Cc1cccc(CN(C)C(=O)CCCO)n1. The Morgan fingerprint density at radius 1 is 1.50 bits per heavy atom. The molecule has 1 rings (SSSR count). The van der Waals surface area contributed by atoms with Crippen molar-refractivity contribution in [3.05, 3.63) is 29.6 Å². The molecule has 0 saturated carbocycles. The first-order valence-electron chi connectivity index (χ1n) is 5.41. The monoisotopic (exact) mass is 222 g/mol. The molecule has 1 N–H and O–H groups in total. The second-order valence-corrected chi connectivity index (χ2v) is 3.85. The third kappa shape index (κ3) is 3.98. The Kier molecular flexibility index (Phi) is 4.92. The summed E-state index contributed by atoms with van der Waals surface area (Å²) in [5, 5.41) is 8.64. The Morgan fingerprint density at radius 3 is 2.88 bits per heavy atom. The van der Waals surface area contributed by atoms with Crippen molar-refractivity contribution in [2.45, 2.75) is 26.3 Å². The maximum Gasteiger partial charge on any atom is 0.222 e. The van der Waals surface area contributed by atoms with E-state index in [9.17, 15) is 4.79 Å². The number of carbonyl (C=O) groups is 1. The third-order valence-corrected chi connectivity index (χ3v) is 2.32. The number of aryl methyl sites for hydroxylation is 1. The lowest BCUT2D eigenvalue weighted by Gasteiger charge is -2.16. The molecule has 0 radical (unpaired) electrons. The standard InChI is InChI=1S/C12H18N2O2/c1-10-5-3-6-11(13-10)9-14(2)12(16)7-4-8-15/h3,5-6,15H,4,7-9H2,1-2H3. The fourth-order valence-corrected chi connectivity index (χ4v) is 1.44. The van der Waals surface area contributed by atoms with Gasteiger partial charge in [-0.05, 0) is 25.5 Å². The first-order valence-corrected chi connectivity index (χ1v) is 5.41. The molecule has 0 saturated heterocycles. The average molecular weight is 222 g/mol. The first kappa shape index (κ1) is 12.6. The molecule has 0 fully saturated rings. The zero-order valence-electron chi connectivity index (χ0n) is 9.81. The van der Waals surface area contributed by atoms with Crippen molar-refractivity contribution in [1.82, 2.24) is 9.88 Å². The van der Waals surface area contributed by atoms with E-state index in [4.69, 9.17) is 5.11 Å². The molecule has 1 aromatic heterocycles. The fourth-order valence-electron chi connectivity index (χ4n) is 1.44. The van der Waals surface area contributed by atoms with Crippen molar-refractivity contribution in [2.24, 2.45) is 0 Å². The molecular formula is C12H18N2O2. The van der Waals surface area contributed by atoms with Gasteiger partial charge in [0.2, 0.25) is 5.91 Å². The maximum atomic E-state index is 11.6. The van der Waals surface area contributed by atoms with Crippen LogP contribution in [-0.4, -0.2) is 34.6 Å². The van der Waals surface area contributed by atoms with Crippen LogP contribution in [0.5, 0.6) is 0 Å². The number of aliphatic hydroxyl groups excluding tert-OH is 1. The summed E-state index contributed by atoms with van der Waals surface area (Å²) in [4.78, 5) is 17.5. The van der Waals surface area contributed by atoms with E-state index < -0.39 is 0 Å². The number of rotatable bonds is 5. The molecule has 0 aliphatic rings. The molecule has 1 amide bonds. The zero-order chi connectivity index (χ0) is 12.0. The highest BCUT2D eigenvalue weighted by atomic mass is 16.3. The van der Waals surface area contributed by atoms with Crippen LogP contribution in [0.25, 0.3) is 0 Å². The minimum atomic E-state index is 0.0392. The summed E-state index contributed by atoms with van der Waals surface area (Å²) < 4.78 is 0. The van der Waals surface area contributed by atoms with Crippen LogP contribution in [0, 0.1) is 6.92 Å². The molecular weight excluding hydrogens is 204 g/mol. The highest BCUT2D eigenvalue weighted by Gasteiger charge is 2.09. The molecule has 0 atom stereocenters. The van der Waals surface area contributed by atoms with Gasteiger partial charge in [0.05, 0.1) is 12.2 Å². The molecule has 0 spiro atoms. The number of pyridine rings is 1. The minimum Gasteiger partial charge on any atom is -0.396 e. The van der Waals surface area contributed by atoms with Crippen LogP contribution in [0.4, 0.5) is 0 Å². The van der Waals surface area contributed by atoms with Gasteiger partial charge in [-0.1, -0.05) is 6.07 Å². The van der Waals surface area contributed by atoms with Crippen LogP contribution in [-0.2, 0) is 11.3 Å². The van der Waals surface area contributed by atoms with Crippen LogP contribution in [0.15, 0.2) is 18.2 Å². The number of carbonyl (C=O) groups excluding carboxylic acids is 1. The van der Waals surface area contributed by atoms with Gasteiger partial charge in [0.15, 0.2) is 0 Å². The molecule has 0 unspecified atom stereocenters. The Bertz CT molecular complexity index is 353. The normalized spacial score (nSPS) is 10.2. The zero-order valence-corrected chi connectivity index (χ0v) is 9.81. The minimum absolute atomic E-state index is 0.0392. The van der Waals surface area contributed by atoms with E-state index in [-0.39, 0.29) is 12.5 Å². The summed E-state index contributed by atoms with van der Waals surface area (Å²) in [6, 6.07) is 5.77. The van der Waals surface area contributed by atoms with Gasteiger partial charge < -0.3 is 10.0 Å². The van der Waals surface area contributed by atoms with Crippen LogP contribution in [0.1, 0.15) is 24.2 Å². The molecule has 4 nitrogen and oxygen atoms in total. The highest BCUT2D eigenvalue weighted by molar-refractivity contribution is 5.75. The van der Waals surface area contributed by atoms with Gasteiger partial charge in [0.1, 0.15) is 0 Å². The molecule has 16 heavy (non-hydrogen) atoms. The third-order valence-electron chi connectivity index (χ3n) is 2.32. The van der Waals surface area contributed by atoms with Gasteiger partial charge in [-0.15, -0.1) is 0 Å². The summed E-state index contributed by atoms with van der Waals surface area (Å²) in [5.41, 5.74) is 1.84. The predicted molar refractivity (Wildman–Crippen MR) is 61.8 cm³/mol. The van der Waals surface area contributed by atoms with E-state index in [1.807, 2.05) is 25.1 Å². The molecule has 88 valence electrons. The van der Waals surface area contributed by atoms with Gasteiger partial charge in [-0.25, -0.2) is 0 Å². The van der Waals surface area contributed by atoms with Crippen molar-refractivity contribution in [3.8, 4) is 0 Å². The largest absolute Gasteiger partial charge is 0.396 e. The topological polar surface area (TPSA) is 53.4 Å². The molecule has 1 aromatic rings. The van der Waals surface area contributed by atoms with E-state index in [0.717, 1.165) is 11.4 Å². The van der Waals surface area contributed by atoms with E-state index in [0.29, 0.717) is 19.4 Å². The van der Waals surface area contributed by atoms with Gasteiger partial charge in [0.25, 0.3) is 0 Å². The number of nitrogens with zero attached hydrogens (tertiary/aromatic N) is 2. The second-order valence-electron chi connectivity index (χ2n) is 3.85. The smallest absolute Gasteiger partial charge is 0.222 e. The molecule has 0 aliphatic heterocycles. The maximum absolute atomic E-state index is 11.6. The molecule has 0 aromatic carbocycles.